The molecular formula is C13H18N6O. The SMILES string of the molecule is CN(Cc1ccn[nH]1)c1cc(N2CCOCC2)ncn1. The van der Waals surface area contributed by atoms with E-state index in [0.717, 1.165) is 50.2 Å². The van der Waals surface area contributed by atoms with Crippen molar-refractivity contribution in [2.24, 2.45) is 0 Å². The first-order valence-corrected chi connectivity index (χ1v) is 6.67. The number of aromatic nitrogens is 4. The third-order valence-corrected chi connectivity index (χ3v) is 3.33. The summed E-state index contributed by atoms with van der Waals surface area (Å²) in [7, 11) is 2.01. The minimum Gasteiger partial charge on any atom is -0.378 e. The van der Waals surface area contributed by atoms with Crippen molar-refractivity contribution in [2.75, 3.05) is 43.2 Å². The lowest BCUT2D eigenvalue weighted by molar-refractivity contribution is 0.122. The maximum atomic E-state index is 5.36. The van der Waals surface area contributed by atoms with Crippen molar-refractivity contribution in [2.45, 2.75) is 6.54 Å². The first kappa shape index (κ1) is 12.9. The average molecular weight is 274 g/mol. The van der Waals surface area contributed by atoms with Gasteiger partial charge in [0.15, 0.2) is 0 Å². The van der Waals surface area contributed by atoms with Crippen molar-refractivity contribution < 1.29 is 4.74 Å². The number of nitrogens with one attached hydrogen (secondary N) is 1. The highest BCUT2D eigenvalue weighted by atomic mass is 16.5. The average Bonchev–Trinajstić information content (AvgIpc) is 3.01. The number of hydrogen-bond donors (Lipinski definition) is 1. The Bertz CT molecular complexity index is 538. The lowest BCUT2D eigenvalue weighted by atomic mass is 10.3. The van der Waals surface area contributed by atoms with Crippen LogP contribution in [0.15, 0.2) is 24.7 Å². The molecule has 1 saturated heterocycles. The summed E-state index contributed by atoms with van der Waals surface area (Å²) < 4.78 is 5.36. The lowest BCUT2D eigenvalue weighted by Gasteiger charge is -2.28. The molecule has 0 radical (unpaired) electrons. The smallest absolute Gasteiger partial charge is 0.134 e. The second kappa shape index (κ2) is 5.87. The zero-order chi connectivity index (χ0) is 13.8. The van der Waals surface area contributed by atoms with E-state index in [9.17, 15) is 0 Å². The topological polar surface area (TPSA) is 70.2 Å². The number of ether oxygens (including phenoxy) is 1. The van der Waals surface area contributed by atoms with Crippen LogP contribution in [0.5, 0.6) is 0 Å². The first-order chi connectivity index (χ1) is 9.83. The van der Waals surface area contributed by atoms with E-state index in [2.05, 4.69) is 30.0 Å². The fourth-order valence-electron chi connectivity index (χ4n) is 2.22. The van der Waals surface area contributed by atoms with Crippen LogP contribution in [-0.2, 0) is 11.3 Å². The van der Waals surface area contributed by atoms with Gasteiger partial charge in [0.2, 0.25) is 0 Å². The fraction of sp³-hybridized carbons (Fsp3) is 0.462. The zero-order valence-electron chi connectivity index (χ0n) is 11.5. The number of hydrogen-bond acceptors (Lipinski definition) is 6. The summed E-state index contributed by atoms with van der Waals surface area (Å²) in [6.45, 7) is 3.99. The summed E-state index contributed by atoms with van der Waals surface area (Å²) in [6, 6.07) is 3.97. The molecule has 7 heteroatoms. The number of nitrogens with zero attached hydrogens (tertiary/aromatic N) is 5. The van der Waals surface area contributed by atoms with E-state index in [-0.39, 0.29) is 0 Å². The predicted octanol–water partition coefficient (Wildman–Crippen LogP) is 0.673. The third kappa shape index (κ3) is 2.88. The molecule has 106 valence electrons. The standard InChI is InChI=1S/C13H18N6O/c1-18(9-11-2-3-16-17-11)12-8-13(15-10-14-12)19-4-6-20-7-5-19/h2-3,8,10H,4-7,9H2,1H3,(H,16,17). The highest BCUT2D eigenvalue weighted by molar-refractivity contribution is 5.50. The van der Waals surface area contributed by atoms with Gasteiger partial charge in [-0.15, -0.1) is 0 Å². The predicted molar refractivity (Wildman–Crippen MR) is 75.8 cm³/mol. The Morgan fingerprint density at radius 1 is 1.35 bits per heavy atom. The van der Waals surface area contributed by atoms with Gasteiger partial charge in [0.1, 0.15) is 18.0 Å². The Kier molecular flexibility index (Phi) is 3.78. The minimum absolute atomic E-state index is 0.736. The molecule has 7 nitrogen and oxygen atoms in total. The molecule has 0 spiro atoms. The maximum absolute atomic E-state index is 5.36. The van der Waals surface area contributed by atoms with Crippen LogP contribution >= 0.6 is 0 Å². The normalized spacial score (nSPS) is 15.3. The van der Waals surface area contributed by atoms with E-state index in [1.54, 1.807) is 12.5 Å². The molecule has 0 aliphatic carbocycles. The first-order valence-electron chi connectivity index (χ1n) is 6.67. The van der Waals surface area contributed by atoms with Gasteiger partial charge >= 0.3 is 0 Å². The van der Waals surface area contributed by atoms with E-state index in [0.29, 0.717) is 0 Å². The van der Waals surface area contributed by atoms with Gasteiger partial charge in [-0.25, -0.2) is 9.97 Å². The van der Waals surface area contributed by atoms with Gasteiger partial charge in [-0.05, 0) is 6.07 Å². The van der Waals surface area contributed by atoms with Gasteiger partial charge in [0.05, 0.1) is 25.5 Å². The van der Waals surface area contributed by atoms with Crippen molar-refractivity contribution in [3.05, 3.63) is 30.4 Å². The summed E-state index contributed by atoms with van der Waals surface area (Å²) in [4.78, 5) is 13.0. The fourth-order valence-corrected chi connectivity index (χ4v) is 2.22. The van der Waals surface area contributed by atoms with E-state index < -0.39 is 0 Å². The Morgan fingerprint density at radius 3 is 2.95 bits per heavy atom. The zero-order valence-corrected chi connectivity index (χ0v) is 11.5. The Labute approximate surface area is 117 Å². The quantitative estimate of drug-likeness (QED) is 0.884. The monoisotopic (exact) mass is 274 g/mol. The van der Waals surface area contributed by atoms with Gasteiger partial charge in [0.25, 0.3) is 0 Å². The van der Waals surface area contributed by atoms with Gasteiger partial charge in [-0.3, -0.25) is 5.10 Å². The molecule has 0 aromatic carbocycles. The molecule has 0 atom stereocenters. The third-order valence-electron chi connectivity index (χ3n) is 3.33. The number of anilines is 2. The summed E-state index contributed by atoms with van der Waals surface area (Å²) in [6.07, 6.45) is 3.37. The van der Waals surface area contributed by atoms with Crippen molar-refractivity contribution in [3.63, 3.8) is 0 Å². The molecule has 20 heavy (non-hydrogen) atoms. The molecule has 3 heterocycles. The molecule has 3 rings (SSSR count). The van der Waals surface area contributed by atoms with Crippen molar-refractivity contribution in [1.29, 1.82) is 0 Å². The van der Waals surface area contributed by atoms with E-state index in [1.807, 2.05) is 19.2 Å². The molecule has 1 aliphatic heterocycles. The Balaban J connectivity index is 1.72. The van der Waals surface area contributed by atoms with E-state index in [4.69, 9.17) is 4.74 Å². The molecule has 2 aromatic heterocycles. The van der Waals surface area contributed by atoms with Gasteiger partial charge < -0.3 is 14.5 Å². The molecule has 0 saturated carbocycles. The number of morpholine rings is 1. The second-order valence-electron chi connectivity index (χ2n) is 4.77. The number of aromatic amines is 1. The number of H-pyrrole nitrogens is 1. The van der Waals surface area contributed by atoms with Gasteiger partial charge in [0, 0.05) is 32.4 Å². The van der Waals surface area contributed by atoms with Crippen LogP contribution in [0.1, 0.15) is 5.69 Å². The molecule has 1 aliphatic rings. The van der Waals surface area contributed by atoms with E-state index in [1.165, 1.54) is 0 Å². The largest absolute Gasteiger partial charge is 0.378 e. The summed E-state index contributed by atoms with van der Waals surface area (Å²) >= 11 is 0. The maximum Gasteiger partial charge on any atom is 0.134 e. The summed E-state index contributed by atoms with van der Waals surface area (Å²) in [5, 5.41) is 6.91. The van der Waals surface area contributed by atoms with E-state index >= 15 is 0 Å². The molecular weight excluding hydrogens is 256 g/mol. The molecule has 0 amide bonds. The van der Waals surface area contributed by atoms with Crippen molar-refractivity contribution >= 4 is 11.6 Å². The summed E-state index contributed by atoms with van der Waals surface area (Å²) in [5.41, 5.74) is 1.05. The molecule has 2 aromatic rings. The molecule has 0 unspecified atom stereocenters. The van der Waals surface area contributed by atoms with Gasteiger partial charge in [-0.1, -0.05) is 0 Å². The molecule has 1 fully saturated rings. The van der Waals surface area contributed by atoms with Crippen LogP contribution in [0.25, 0.3) is 0 Å². The van der Waals surface area contributed by atoms with Crippen LogP contribution < -0.4 is 9.80 Å². The van der Waals surface area contributed by atoms with Crippen LogP contribution in [0.2, 0.25) is 0 Å². The second-order valence-corrected chi connectivity index (χ2v) is 4.77. The van der Waals surface area contributed by atoms with Crippen LogP contribution in [0, 0.1) is 0 Å². The Morgan fingerprint density at radius 2 is 2.20 bits per heavy atom. The highest BCUT2D eigenvalue weighted by Crippen LogP contribution is 2.18. The van der Waals surface area contributed by atoms with Crippen LogP contribution in [0.4, 0.5) is 11.6 Å². The molecule has 1 N–H and O–H groups in total. The Hall–Kier alpha value is -2.15. The van der Waals surface area contributed by atoms with Gasteiger partial charge in [-0.2, -0.15) is 5.10 Å². The highest BCUT2D eigenvalue weighted by Gasteiger charge is 2.14. The van der Waals surface area contributed by atoms with Crippen molar-refractivity contribution in [3.8, 4) is 0 Å². The molecule has 0 bridgehead atoms. The summed E-state index contributed by atoms with van der Waals surface area (Å²) in [5.74, 6) is 1.85. The van der Waals surface area contributed by atoms with Crippen LogP contribution in [0.3, 0.4) is 0 Å². The van der Waals surface area contributed by atoms with Crippen LogP contribution in [-0.4, -0.2) is 53.5 Å². The number of rotatable bonds is 4. The lowest BCUT2D eigenvalue weighted by Crippen LogP contribution is -2.36. The minimum atomic E-state index is 0.736. The van der Waals surface area contributed by atoms with Crippen molar-refractivity contribution in [1.82, 2.24) is 20.2 Å².